The van der Waals surface area contributed by atoms with Gasteiger partial charge in [-0.1, -0.05) is 12.1 Å². The first-order valence-corrected chi connectivity index (χ1v) is 12.9. The van der Waals surface area contributed by atoms with Crippen molar-refractivity contribution in [1.82, 2.24) is 24.8 Å². The van der Waals surface area contributed by atoms with Crippen molar-refractivity contribution in [2.24, 2.45) is 0 Å². The van der Waals surface area contributed by atoms with Gasteiger partial charge in [-0.3, -0.25) is 10.1 Å². The molecule has 2 aromatic rings. The average molecular weight is 517 g/mol. The summed E-state index contributed by atoms with van der Waals surface area (Å²) in [6.07, 6.45) is 2.81. The predicted molar refractivity (Wildman–Crippen MR) is 136 cm³/mol. The van der Waals surface area contributed by atoms with E-state index in [1.54, 1.807) is 24.3 Å². The summed E-state index contributed by atoms with van der Waals surface area (Å²) >= 11 is 0.847. The first-order valence-electron chi connectivity index (χ1n) is 12.1. The van der Waals surface area contributed by atoms with Crippen molar-refractivity contribution in [2.75, 3.05) is 51.6 Å². The molecule has 12 heteroatoms. The molecule has 1 aromatic carbocycles. The number of nitrogens with one attached hydrogen (secondary N) is 3. The number of aromatic carboxylic acids is 1. The van der Waals surface area contributed by atoms with Crippen molar-refractivity contribution in [3.63, 3.8) is 0 Å². The van der Waals surface area contributed by atoms with Crippen molar-refractivity contribution < 1.29 is 24.2 Å². The summed E-state index contributed by atoms with van der Waals surface area (Å²) < 4.78 is 9.73. The number of nitrogens with zero attached hydrogens (tertiary/aromatic N) is 3. The van der Waals surface area contributed by atoms with Crippen LogP contribution in [0.15, 0.2) is 24.3 Å². The van der Waals surface area contributed by atoms with Crippen LogP contribution < -0.4 is 20.7 Å². The lowest BCUT2D eigenvalue weighted by Crippen LogP contribution is -2.45. The second-order valence-electron chi connectivity index (χ2n) is 9.11. The third kappa shape index (κ3) is 7.39. The first-order chi connectivity index (χ1) is 17.4. The number of likely N-dealkylation sites (N-methyl/N-ethyl adjacent to an activating group) is 1. The molecule has 1 aliphatic heterocycles. The number of urea groups is 1. The van der Waals surface area contributed by atoms with E-state index >= 15 is 0 Å². The molecule has 2 aliphatic rings. The molecule has 4 rings (SSSR count). The molecule has 1 aromatic heterocycles. The van der Waals surface area contributed by atoms with E-state index in [0.29, 0.717) is 17.7 Å². The Bertz CT molecular complexity index is 1080. The van der Waals surface area contributed by atoms with Crippen LogP contribution in [0.3, 0.4) is 0 Å². The van der Waals surface area contributed by atoms with Crippen LogP contribution >= 0.6 is 11.5 Å². The van der Waals surface area contributed by atoms with Gasteiger partial charge in [0.25, 0.3) is 5.91 Å². The Morgan fingerprint density at radius 1 is 1.19 bits per heavy atom. The van der Waals surface area contributed by atoms with Crippen LogP contribution in [0.4, 0.5) is 9.80 Å². The summed E-state index contributed by atoms with van der Waals surface area (Å²) in [5.74, 6) is -1.47. The van der Waals surface area contributed by atoms with Crippen molar-refractivity contribution >= 4 is 34.4 Å². The zero-order valence-corrected chi connectivity index (χ0v) is 21.1. The van der Waals surface area contributed by atoms with Gasteiger partial charge in [0.1, 0.15) is 11.6 Å². The maximum absolute atomic E-state index is 12.3. The highest BCUT2D eigenvalue weighted by Crippen LogP contribution is 2.31. The van der Waals surface area contributed by atoms with Crippen LogP contribution in [0, 0.1) is 0 Å². The third-order valence-electron chi connectivity index (χ3n) is 6.11. The number of rotatable bonds is 11. The van der Waals surface area contributed by atoms with Gasteiger partial charge in [-0.2, -0.15) is 4.37 Å². The van der Waals surface area contributed by atoms with Gasteiger partial charge in [-0.25, -0.2) is 9.59 Å². The maximum atomic E-state index is 12.3. The summed E-state index contributed by atoms with van der Waals surface area (Å²) in [6, 6.07) is 6.74. The summed E-state index contributed by atoms with van der Waals surface area (Å²) in [5.41, 5.74) is 1.02. The van der Waals surface area contributed by atoms with Gasteiger partial charge in [-0.05, 0) is 62.1 Å². The van der Waals surface area contributed by atoms with Gasteiger partial charge >= 0.3 is 12.0 Å². The number of carboxylic acids is 1. The molecular weight excluding hydrogens is 484 g/mol. The molecule has 0 bridgehead atoms. The fourth-order valence-electron chi connectivity index (χ4n) is 3.82. The Balaban J connectivity index is 1.26. The van der Waals surface area contributed by atoms with E-state index < -0.39 is 12.0 Å². The molecule has 2 fully saturated rings. The number of carboxylic acid groups (broad SMARTS) is 1. The highest BCUT2D eigenvalue weighted by atomic mass is 32.1. The van der Waals surface area contributed by atoms with Crippen molar-refractivity contribution in [2.45, 2.75) is 31.9 Å². The van der Waals surface area contributed by atoms with Crippen molar-refractivity contribution in [3.8, 4) is 5.88 Å². The normalized spacial score (nSPS) is 16.4. The van der Waals surface area contributed by atoms with Crippen LogP contribution in [-0.2, 0) is 6.61 Å². The van der Waals surface area contributed by atoms with Gasteiger partial charge in [-0.15, -0.1) is 0 Å². The summed E-state index contributed by atoms with van der Waals surface area (Å²) in [7, 11) is 2.11. The lowest BCUT2D eigenvalue weighted by Gasteiger charge is -2.32. The minimum absolute atomic E-state index is 0.0342. The molecule has 0 unspecified atom stereocenters. The van der Waals surface area contributed by atoms with Crippen LogP contribution in [-0.4, -0.2) is 89.5 Å². The number of hydrogen-bond acceptors (Lipinski definition) is 8. The molecule has 1 aliphatic carbocycles. The molecule has 194 valence electrons. The second kappa shape index (κ2) is 12.2. The monoisotopic (exact) mass is 516 g/mol. The van der Waals surface area contributed by atoms with Crippen LogP contribution in [0.25, 0.3) is 0 Å². The number of carbonyl (C=O) groups excluding carboxylic acids is 2. The highest BCUT2D eigenvalue weighted by molar-refractivity contribution is 7.11. The molecule has 1 saturated heterocycles. The topological polar surface area (TPSA) is 136 Å². The van der Waals surface area contributed by atoms with Gasteiger partial charge in [0.05, 0.1) is 0 Å². The number of amides is 3. The van der Waals surface area contributed by atoms with E-state index in [1.165, 1.54) is 0 Å². The number of hydrogen-bond donors (Lipinski definition) is 4. The Labute approximate surface area is 214 Å². The fraction of sp³-hybridized carbons (Fsp3) is 0.500. The van der Waals surface area contributed by atoms with Gasteiger partial charge in [0.15, 0.2) is 5.56 Å². The van der Waals surface area contributed by atoms with E-state index in [1.807, 2.05) is 0 Å². The Morgan fingerprint density at radius 3 is 2.69 bits per heavy atom. The zero-order chi connectivity index (χ0) is 25.5. The summed E-state index contributed by atoms with van der Waals surface area (Å²) in [5, 5.41) is 18.1. The number of anilines is 1. The zero-order valence-electron chi connectivity index (χ0n) is 20.3. The predicted octanol–water partition coefficient (Wildman–Crippen LogP) is 2.07. The lowest BCUT2D eigenvalue weighted by molar-refractivity contribution is 0.0692. The van der Waals surface area contributed by atoms with Gasteiger partial charge in [0.2, 0.25) is 5.88 Å². The number of aromatic nitrogens is 1. The molecule has 0 radical (unpaired) electrons. The lowest BCUT2D eigenvalue weighted by atomic mass is 10.1. The Hall–Kier alpha value is -3.22. The first kappa shape index (κ1) is 25.9. The van der Waals surface area contributed by atoms with Crippen molar-refractivity contribution in [3.05, 3.63) is 41.0 Å². The Morgan fingerprint density at radius 2 is 1.97 bits per heavy atom. The van der Waals surface area contributed by atoms with Gasteiger partial charge < -0.3 is 30.3 Å². The quantitative estimate of drug-likeness (QED) is 0.333. The molecule has 11 nitrogen and oxygen atoms in total. The Kier molecular flexibility index (Phi) is 8.73. The minimum Gasteiger partial charge on any atom is -0.477 e. The number of benzene rings is 1. The van der Waals surface area contributed by atoms with E-state index in [4.69, 9.17) is 4.74 Å². The van der Waals surface area contributed by atoms with Crippen LogP contribution in [0.2, 0.25) is 0 Å². The standard InChI is InChI=1S/C24H32N6O5S/c1-29-10-12-30(13-11-29)9-3-8-25-24(34)27-22-19(23(32)33)21(28-36-22)35-15-16-4-2-5-17(14-16)20(31)26-18-6-7-18/h2,4-5,14,18H,3,6-13,15H2,1H3,(H,26,31)(H,32,33)(H2,25,27,34). The molecule has 3 amide bonds. The molecule has 2 heterocycles. The number of ether oxygens (including phenoxy) is 1. The van der Waals surface area contributed by atoms with Crippen molar-refractivity contribution in [1.29, 1.82) is 0 Å². The molecule has 36 heavy (non-hydrogen) atoms. The SMILES string of the molecule is CN1CCN(CCCNC(=O)Nc2snc(OCc3cccc(C(=O)NC4CC4)c3)c2C(=O)O)CC1. The largest absolute Gasteiger partial charge is 0.477 e. The van der Waals surface area contributed by atoms with E-state index in [-0.39, 0.29) is 35.0 Å². The van der Waals surface area contributed by atoms with E-state index in [9.17, 15) is 19.5 Å². The second-order valence-corrected chi connectivity index (χ2v) is 9.89. The molecule has 0 atom stereocenters. The maximum Gasteiger partial charge on any atom is 0.344 e. The number of carbonyl (C=O) groups is 3. The third-order valence-corrected chi connectivity index (χ3v) is 6.86. The fourth-order valence-corrected chi connectivity index (χ4v) is 4.54. The molecule has 1 saturated carbocycles. The van der Waals surface area contributed by atoms with E-state index in [2.05, 4.69) is 37.2 Å². The number of piperazine rings is 1. The summed E-state index contributed by atoms with van der Waals surface area (Å²) in [4.78, 5) is 41.1. The highest BCUT2D eigenvalue weighted by Gasteiger charge is 2.25. The average Bonchev–Trinajstić information content (AvgIpc) is 3.59. The summed E-state index contributed by atoms with van der Waals surface area (Å²) in [6.45, 7) is 5.54. The molecule has 0 spiro atoms. The van der Waals surface area contributed by atoms with Gasteiger partial charge in [0, 0.05) is 44.3 Å². The molecular formula is C24H32N6O5S. The smallest absolute Gasteiger partial charge is 0.344 e. The minimum atomic E-state index is -1.25. The molecule has 4 N–H and O–H groups in total. The van der Waals surface area contributed by atoms with Crippen LogP contribution in [0.5, 0.6) is 5.88 Å². The van der Waals surface area contributed by atoms with Crippen LogP contribution in [0.1, 0.15) is 45.5 Å². The van der Waals surface area contributed by atoms with E-state index in [0.717, 1.165) is 63.5 Å².